The van der Waals surface area contributed by atoms with Crippen LogP contribution in [0, 0.1) is 5.92 Å². The molecule has 0 aliphatic heterocycles. The highest BCUT2D eigenvalue weighted by Crippen LogP contribution is 2.37. The molecule has 4 heteroatoms. The monoisotopic (exact) mass is 212 g/mol. The summed E-state index contributed by atoms with van der Waals surface area (Å²) in [5.74, 6) is 0.894. The van der Waals surface area contributed by atoms with Crippen molar-refractivity contribution in [2.75, 3.05) is 0 Å². The number of carbonyl (C=O) groups is 1. The molecule has 0 heterocycles. The Kier molecular flexibility index (Phi) is 3.32. The number of hydrogen-bond acceptors (Lipinski definition) is 4. The van der Waals surface area contributed by atoms with Crippen LogP contribution in [0.5, 0.6) is 0 Å². The lowest BCUT2D eigenvalue weighted by atomic mass is 10.1. The lowest BCUT2D eigenvalue weighted by Crippen LogP contribution is -2.33. The predicted molar refractivity (Wildman–Crippen MR) is 53.8 cm³/mol. The van der Waals surface area contributed by atoms with Crippen LogP contribution in [0.1, 0.15) is 33.6 Å². The van der Waals surface area contributed by atoms with Crippen molar-refractivity contribution in [3.8, 4) is 0 Å². The standard InChI is InChI=1S/C11H16O4/c1-11(2,3)15-10(14)9(13)8(6-12)7-4-5-7/h7,9,13H,4-5H2,1-3H3. The summed E-state index contributed by atoms with van der Waals surface area (Å²) in [4.78, 5) is 22.0. The third-order valence-electron chi connectivity index (χ3n) is 2.06. The molecule has 0 bridgehead atoms. The highest BCUT2D eigenvalue weighted by atomic mass is 16.6. The lowest BCUT2D eigenvalue weighted by molar-refractivity contribution is -0.163. The lowest BCUT2D eigenvalue weighted by Gasteiger charge is -2.21. The fraction of sp³-hybridized carbons (Fsp3) is 0.727. The van der Waals surface area contributed by atoms with Crippen molar-refractivity contribution >= 4 is 11.9 Å². The molecule has 1 aliphatic carbocycles. The fourth-order valence-electron chi connectivity index (χ4n) is 1.24. The number of aliphatic hydroxyl groups is 1. The minimum Gasteiger partial charge on any atom is -0.458 e. The third kappa shape index (κ3) is 3.50. The van der Waals surface area contributed by atoms with E-state index < -0.39 is 17.7 Å². The Bertz CT molecular complexity index is 303. The van der Waals surface area contributed by atoms with Crippen LogP contribution in [-0.4, -0.2) is 28.7 Å². The molecule has 84 valence electrons. The topological polar surface area (TPSA) is 63.6 Å². The van der Waals surface area contributed by atoms with Crippen LogP contribution >= 0.6 is 0 Å². The molecule has 0 amide bonds. The summed E-state index contributed by atoms with van der Waals surface area (Å²) in [5.41, 5.74) is -0.528. The number of ether oxygens (including phenoxy) is 1. The molecule has 0 saturated heterocycles. The summed E-state index contributed by atoms with van der Waals surface area (Å²) < 4.78 is 4.97. The second-order valence-electron chi connectivity index (χ2n) is 4.77. The van der Waals surface area contributed by atoms with Gasteiger partial charge in [-0.05, 0) is 39.5 Å². The molecule has 0 radical (unpaired) electrons. The van der Waals surface area contributed by atoms with Gasteiger partial charge in [0.25, 0.3) is 0 Å². The van der Waals surface area contributed by atoms with Gasteiger partial charge in [-0.15, -0.1) is 0 Å². The summed E-state index contributed by atoms with van der Waals surface area (Å²) in [6, 6.07) is 0. The maximum Gasteiger partial charge on any atom is 0.340 e. The van der Waals surface area contributed by atoms with Crippen LogP contribution in [0.25, 0.3) is 0 Å². The molecule has 4 nitrogen and oxygen atoms in total. The van der Waals surface area contributed by atoms with Gasteiger partial charge in [0.2, 0.25) is 0 Å². The Labute approximate surface area is 88.9 Å². The minimum atomic E-state index is -1.45. The maximum absolute atomic E-state index is 11.4. The smallest absolute Gasteiger partial charge is 0.340 e. The van der Waals surface area contributed by atoms with Gasteiger partial charge in [0.1, 0.15) is 11.5 Å². The van der Waals surface area contributed by atoms with Gasteiger partial charge < -0.3 is 9.84 Å². The molecular formula is C11H16O4. The molecule has 1 unspecified atom stereocenters. The Morgan fingerprint density at radius 3 is 2.33 bits per heavy atom. The van der Waals surface area contributed by atoms with Gasteiger partial charge >= 0.3 is 5.97 Å². The van der Waals surface area contributed by atoms with E-state index >= 15 is 0 Å². The second-order valence-corrected chi connectivity index (χ2v) is 4.77. The first-order valence-corrected chi connectivity index (χ1v) is 5.01. The molecule has 0 spiro atoms. The van der Waals surface area contributed by atoms with Crippen molar-refractivity contribution in [3.05, 3.63) is 5.57 Å². The molecule has 1 N–H and O–H groups in total. The van der Waals surface area contributed by atoms with E-state index in [9.17, 15) is 14.7 Å². The van der Waals surface area contributed by atoms with Crippen molar-refractivity contribution < 1.29 is 19.4 Å². The van der Waals surface area contributed by atoms with Gasteiger partial charge in [0.15, 0.2) is 6.10 Å². The first kappa shape index (κ1) is 12.0. The molecule has 1 saturated carbocycles. The van der Waals surface area contributed by atoms with E-state index in [2.05, 4.69) is 0 Å². The Hall–Kier alpha value is -1.12. The van der Waals surface area contributed by atoms with Crippen LogP contribution in [0.2, 0.25) is 0 Å². The number of hydrogen-bond donors (Lipinski definition) is 1. The van der Waals surface area contributed by atoms with E-state index in [1.54, 1.807) is 26.7 Å². The quantitative estimate of drug-likeness (QED) is 0.556. The number of esters is 1. The maximum atomic E-state index is 11.4. The highest BCUT2D eigenvalue weighted by Gasteiger charge is 2.36. The van der Waals surface area contributed by atoms with E-state index in [1.807, 2.05) is 0 Å². The Balaban J connectivity index is 2.63. The molecule has 15 heavy (non-hydrogen) atoms. The molecule has 1 atom stereocenters. The molecule has 1 rings (SSSR count). The van der Waals surface area contributed by atoms with Crippen molar-refractivity contribution in [2.45, 2.75) is 45.3 Å². The first-order chi connectivity index (χ1) is 6.85. The first-order valence-electron chi connectivity index (χ1n) is 5.01. The number of rotatable bonds is 3. The fourth-order valence-corrected chi connectivity index (χ4v) is 1.24. The molecular weight excluding hydrogens is 196 g/mol. The van der Waals surface area contributed by atoms with E-state index in [0.717, 1.165) is 12.8 Å². The van der Waals surface area contributed by atoms with Crippen molar-refractivity contribution in [1.29, 1.82) is 0 Å². The summed E-state index contributed by atoms with van der Waals surface area (Å²) in [7, 11) is 0. The molecule has 0 aromatic rings. The van der Waals surface area contributed by atoms with E-state index in [4.69, 9.17) is 4.74 Å². The van der Waals surface area contributed by atoms with Gasteiger partial charge in [0, 0.05) is 0 Å². The summed E-state index contributed by atoms with van der Waals surface area (Å²) >= 11 is 0. The second kappa shape index (κ2) is 4.17. The molecule has 1 fully saturated rings. The number of aliphatic hydroxyl groups excluding tert-OH is 1. The summed E-state index contributed by atoms with van der Waals surface area (Å²) in [5, 5.41) is 9.58. The predicted octanol–water partition coefficient (Wildman–Crippen LogP) is 0.857. The zero-order chi connectivity index (χ0) is 11.6. The van der Waals surface area contributed by atoms with Gasteiger partial charge in [-0.25, -0.2) is 9.59 Å². The largest absolute Gasteiger partial charge is 0.458 e. The Morgan fingerprint density at radius 2 is 2.00 bits per heavy atom. The van der Waals surface area contributed by atoms with Crippen LogP contribution in [0.4, 0.5) is 0 Å². The van der Waals surface area contributed by atoms with Crippen LogP contribution in [0.3, 0.4) is 0 Å². The van der Waals surface area contributed by atoms with Gasteiger partial charge in [0.05, 0.1) is 5.57 Å². The van der Waals surface area contributed by atoms with Crippen LogP contribution < -0.4 is 0 Å². The van der Waals surface area contributed by atoms with Gasteiger partial charge in [-0.1, -0.05) is 0 Å². The molecule has 0 aromatic heterocycles. The van der Waals surface area contributed by atoms with Gasteiger partial charge in [-0.3, -0.25) is 0 Å². The summed E-state index contributed by atoms with van der Waals surface area (Å²) in [6.07, 6.45) is 0.226. The third-order valence-corrected chi connectivity index (χ3v) is 2.06. The van der Waals surface area contributed by atoms with Crippen molar-refractivity contribution in [1.82, 2.24) is 0 Å². The minimum absolute atomic E-state index is 0.0185. The number of carbonyl (C=O) groups excluding carboxylic acids is 2. The Morgan fingerprint density at radius 1 is 1.47 bits per heavy atom. The van der Waals surface area contributed by atoms with E-state index in [-0.39, 0.29) is 11.5 Å². The van der Waals surface area contributed by atoms with Crippen molar-refractivity contribution in [3.63, 3.8) is 0 Å². The zero-order valence-corrected chi connectivity index (χ0v) is 9.24. The van der Waals surface area contributed by atoms with Crippen molar-refractivity contribution in [2.24, 2.45) is 5.92 Å². The average Bonchev–Trinajstić information content (AvgIpc) is 2.86. The molecule has 1 aliphatic rings. The van der Waals surface area contributed by atoms with Crippen LogP contribution in [-0.2, 0) is 14.3 Å². The molecule has 0 aromatic carbocycles. The zero-order valence-electron chi connectivity index (χ0n) is 9.24. The average molecular weight is 212 g/mol. The summed E-state index contributed by atoms with van der Waals surface area (Å²) in [6.45, 7) is 5.12. The van der Waals surface area contributed by atoms with Crippen LogP contribution in [0.15, 0.2) is 5.57 Å². The van der Waals surface area contributed by atoms with Gasteiger partial charge in [-0.2, -0.15) is 0 Å². The SMILES string of the molecule is CC(C)(C)OC(=O)C(O)C(=C=O)C1CC1. The highest BCUT2D eigenvalue weighted by molar-refractivity contribution is 5.82. The normalized spacial score (nSPS) is 17.9. The van der Waals surface area contributed by atoms with E-state index in [1.165, 1.54) is 0 Å². The van der Waals surface area contributed by atoms with E-state index in [0.29, 0.717) is 0 Å².